The summed E-state index contributed by atoms with van der Waals surface area (Å²) >= 11 is 0. The van der Waals surface area contributed by atoms with Crippen molar-refractivity contribution in [2.75, 3.05) is 31.5 Å². The van der Waals surface area contributed by atoms with Crippen LogP contribution < -0.4 is 5.32 Å². The maximum Gasteiger partial charge on any atom is 0.246 e. The molecular weight excluding hydrogens is 417 g/mol. The Morgan fingerprint density at radius 3 is 2.29 bits per heavy atom. The Kier molecular flexibility index (Phi) is 7.46. The lowest BCUT2D eigenvalue weighted by Crippen LogP contribution is -2.54. The van der Waals surface area contributed by atoms with Crippen molar-refractivity contribution in [2.24, 2.45) is 0 Å². The molecule has 1 heterocycles. The van der Waals surface area contributed by atoms with Gasteiger partial charge in [-0.3, -0.25) is 9.69 Å². The Bertz CT molecular complexity index is 1020. The summed E-state index contributed by atoms with van der Waals surface area (Å²) in [6.45, 7) is 7.27. The summed E-state index contributed by atoms with van der Waals surface area (Å²) in [5, 5.41) is 3.04. The largest absolute Gasteiger partial charge is 0.324 e. The molecule has 1 aliphatic heterocycles. The highest BCUT2D eigenvalue weighted by Gasteiger charge is 2.33. The van der Waals surface area contributed by atoms with Crippen molar-refractivity contribution in [3.8, 4) is 0 Å². The zero-order chi connectivity index (χ0) is 22.6. The van der Waals surface area contributed by atoms with Crippen LogP contribution in [0.1, 0.15) is 38.7 Å². The third-order valence-electron chi connectivity index (χ3n) is 6.02. The van der Waals surface area contributed by atoms with Gasteiger partial charge in [0.05, 0.1) is 6.04 Å². The van der Waals surface area contributed by atoms with E-state index >= 15 is 0 Å². The van der Waals surface area contributed by atoms with E-state index < -0.39 is 21.9 Å². The molecule has 0 saturated carbocycles. The van der Waals surface area contributed by atoms with E-state index in [1.54, 1.807) is 0 Å². The van der Waals surface area contributed by atoms with E-state index in [1.807, 2.05) is 36.1 Å². The van der Waals surface area contributed by atoms with Crippen molar-refractivity contribution < 1.29 is 17.6 Å². The first-order valence-corrected chi connectivity index (χ1v) is 12.1. The molecule has 0 bridgehead atoms. The molecule has 1 aliphatic rings. The fraction of sp³-hybridized carbons (Fsp3) is 0.435. The minimum atomic E-state index is -3.90. The first-order chi connectivity index (χ1) is 14.8. The van der Waals surface area contributed by atoms with Crippen molar-refractivity contribution in [3.63, 3.8) is 0 Å². The second-order valence-corrected chi connectivity index (χ2v) is 9.84. The number of hydrogen-bond acceptors (Lipinski definition) is 4. The first kappa shape index (κ1) is 23.4. The molecule has 0 aromatic heterocycles. The third kappa shape index (κ3) is 5.14. The smallest absolute Gasteiger partial charge is 0.246 e. The maximum absolute atomic E-state index is 14.0. The van der Waals surface area contributed by atoms with Gasteiger partial charge in [0.1, 0.15) is 10.7 Å². The number of anilines is 1. The summed E-state index contributed by atoms with van der Waals surface area (Å²) < 4.78 is 40.8. The van der Waals surface area contributed by atoms with Crippen LogP contribution in [0.5, 0.6) is 0 Å². The lowest BCUT2D eigenvalue weighted by molar-refractivity contribution is -0.121. The number of benzene rings is 2. The molecule has 1 saturated heterocycles. The molecule has 6 nitrogen and oxygen atoms in total. The zero-order valence-corrected chi connectivity index (χ0v) is 19.0. The molecule has 0 aliphatic carbocycles. The standard InChI is InChI=1S/C23H30FN3O3S/c1-4-17(2)19-9-5-7-11-21(19)25-23(28)18(3)26-13-15-27(16-14-26)31(29,30)22-12-8-6-10-20(22)24/h5-12,17-18H,4,13-16H2,1-3H3,(H,25,28)/t17-,18+/m0/s1. The molecule has 2 aromatic rings. The molecule has 0 spiro atoms. The monoisotopic (exact) mass is 447 g/mol. The predicted octanol–water partition coefficient (Wildman–Crippen LogP) is 3.67. The fourth-order valence-electron chi connectivity index (χ4n) is 3.79. The van der Waals surface area contributed by atoms with E-state index in [1.165, 1.54) is 22.5 Å². The van der Waals surface area contributed by atoms with Crippen molar-refractivity contribution in [3.05, 3.63) is 59.9 Å². The number of para-hydroxylation sites is 1. The van der Waals surface area contributed by atoms with E-state index in [2.05, 4.69) is 19.2 Å². The molecule has 1 amide bonds. The number of nitrogens with one attached hydrogen (secondary N) is 1. The Labute approximate surface area is 184 Å². The van der Waals surface area contributed by atoms with Gasteiger partial charge in [0, 0.05) is 31.9 Å². The summed E-state index contributed by atoms with van der Waals surface area (Å²) in [5.74, 6) is -0.544. The Hall–Kier alpha value is -2.29. The number of sulfonamides is 1. The van der Waals surface area contributed by atoms with Crippen LogP contribution in [0.25, 0.3) is 0 Å². The van der Waals surface area contributed by atoms with Gasteiger partial charge in [-0.05, 0) is 43.0 Å². The number of carbonyl (C=O) groups is 1. The number of piperazine rings is 1. The van der Waals surface area contributed by atoms with Gasteiger partial charge >= 0.3 is 0 Å². The van der Waals surface area contributed by atoms with Gasteiger partial charge in [-0.2, -0.15) is 4.31 Å². The van der Waals surface area contributed by atoms with Gasteiger partial charge < -0.3 is 5.32 Å². The van der Waals surface area contributed by atoms with Crippen molar-refractivity contribution in [1.29, 1.82) is 0 Å². The second kappa shape index (κ2) is 9.89. The van der Waals surface area contributed by atoms with Crippen LogP contribution in [-0.2, 0) is 14.8 Å². The number of halogens is 1. The van der Waals surface area contributed by atoms with E-state index in [0.717, 1.165) is 23.7 Å². The van der Waals surface area contributed by atoms with Gasteiger partial charge in [0.2, 0.25) is 15.9 Å². The van der Waals surface area contributed by atoms with E-state index in [-0.39, 0.29) is 23.9 Å². The van der Waals surface area contributed by atoms with E-state index in [9.17, 15) is 17.6 Å². The van der Waals surface area contributed by atoms with Crippen molar-refractivity contribution in [2.45, 2.75) is 44.0 Å². The average molecular weight is 448 g/mol. The van der Waals surface area contributed by atoms with Crippen LogP contribution in [0.2, 0.25) is 0 Å². The molecule has 31 heavy (non-hydrogen) atoms. The quantitative estimate of drug-likeness (QED) is 0.703. The Morgan fingerprint density at radius 2 is 1.65 bits per heavy atom. The summed E-state index contributed by atoms with van der Waals surface area (Å²) in [7, 11) is -3.90. The minimum Gasteiger partial charge on any atom is -0.324 e. The summed E-state index contributed by atoms with van der Waals surface area (Å²) in [6, 6.07) is 12.8. The second-order valence-electron chi connectivity index (χ2n) is 7.93. The molecule has 3 rings (SSSR count). The number of nitrogens with zero attached hydrogens (tertiary/aromatic N) is 2. The SMILES string of the molecule is CC[C@H](C)c1ccccc1NC(=O)[C@@H](C)N1CCN(S(=O)(=O)c2ccccc2F)CC1. The van der Waals surface area contributed by atoms with E-state index in [4.69, 9.17) is 0 Å². The molecular formula is C23H30FN3O3S. The lowest BCUT2D eigenvalue weighted by Gasteiger charge is -2.36. The van der Waals surface area contributed by atoms with Gasteiger partial charge in [0.15, 0.2) is 0 Å². The molecule has 1 fully saturated rings. The zero-order valence-electron chi connectivity index (χ0n) is 18.2. The van der Waals surface area contributed by atoms with Crippen molar-refractivity contribution in [1.82, 2.24) is 9.21 Å². The normalized spacial score (nSPS) is 17.8. The van der Waals surface area contributed by atoms with Crippen LogP contribution in [0.3, 0.4) is 0 Å². The molecule has 2 aromatic carbocycles. The lowest BCUT2D eigenvalue weighted by atomic mass is 9.97. The molecule has 168 valence electrons. The molecule has 1 N–H and O–H groups in total. The topological polar surface area (TPSA) is 69.7 Å². The average Bonchev–Trinajstić information content (AvgIpc) is 2.78. The van der Waals surface area contributed by atoms with Gasteiger partial charge in [-0.15, -0.1) is 0 Å². The van der Waals surface area contributed by atoms with Gasteiger partial charge in [-0.25, -0.2) is 12.8 Å². The fourth-order valence-corrected chi connectivity index (χ4v) is 5.27. The highest BCUT2D eigenvalue weighted by molar-refractivity contribution is 7.89. The Balaban J connectivity index is 1.64. The van der Waals surface area contributed by atoms with Crippen LogP contribution in [-0.4, -0.2) is 55.8 Å². The molecule has 0 unspecified atom stereocenters. The number of hydrogen-bond donors (Lipinski definition) is 1. The van der Waals surface area contributed by atoms with Crippen LogP contribution in [0.15, 0.2) is 53.4 Å². The van der Waals surface area contributed by atoms with Crippen LogP contribution in [0, 0.1) is 5.82 Å². The maximum atomic E-state index is 14.0. The highest BCUT2D eigenvalue weighted by atomic mass is 32.2. The molecule has 0 radical (unpaired) electrons. The molecule has 8 heteroatoms. The van der Waals surface area contributed by atoms with Gasteiger partial charge in [0.25, 0.3) is 0 Å². The summed E-state index contributed by atoms with van der Waals surface area (Å²) in [5.41, 5.74) is 1.92. The van der Waals surface area contributed by atoms with Crippen molar-refractivity contribution >= 4 is 21.6 Å². The summed E-state index contributed by atoms with van der Waals surface area (Å²) in [6.07, 6.45) is 0.973. The minimum absolute atomic E-state index is 0.124. The third-order valence-corrected chi connectivity index (χ3v) is 7.95. The number of carbonyl (C=O) groups excluding carboxylic acids is 1. The number of rotatable bonds is 7. The molecule has 2 atom stereocenters. The predicted molar refractivity (Wildman–Crippen MR) is 120 cm³/mol. The summed E-state index contributed by atoms with van der Waals surface area (Å²) in [4.78, 5) is 14.5. The highest BCUT2D eigenvalue weighted by Crippen LogP contribution is 2.27. The van der Waals surface area contributed by atoms with Crippen LogP contribution >= 0.6 is 0 Å². The Morgan fingerprint density at radius 1 is 1.03 bits per heavy atom. The van der Waals surface area contributed by atoms with Crippen LogP contribution in [0.4, 0.5) is 10.1 Å². The van der Waals surface area contributed by atoms with E-state index in [0.29, 0.717) is 19.0 Å². The first-order valence-electron chi connectivity index (χ1n) is 10.6. The van der Waals surface area contributed by atoms with Gasteiger partial charge in [-0.1, -0.05) is 44.2 Å². The number of amides is 1.